The van der Waals surface area contributed by atoms with Crippen LogP contribution >= 0.6 is 0 Å². The second-order valence-electron chi connectivity index (χ2n) is 4.28. The molecule has 1 aliphatic rings. The Morgan fingerprint density at radius 2 is 2.09 bits per heavy atom. The van der Waals surface area contributed by atoms with E-state index in [1.54, 1.807) is 0 Å². The van der Waals surface area contributed by atoms with Crippen molar-refractivity contribution in [3.05, 3.63) is 0 Å². The largest absolute Gasteiger partial charge is 0.466 e. The average Bonchev–Trinajstić information content (AvgIpc) is 1.86. The van der Waals surface area contributed by atoms with Crippen molar-refractivity contribution in [2.24, 2.45) is 11.3 Å². The lowest BCUT2D eigenvalue weighted by molar-refractivity contribution is -0.151. The van der Waals surface area contributed by atoms with E-state index in [1.807, 2.05) is 0 Å². The van der Waals surface area contributed by atoms with E-state index < -0.39 is 0 Å². The molecule has 11 heavy (non-hydrogen) atoms. The molecule has 0 amide bonds. The quantitative estimate of drug-likeness (QED) is 0.501. The molecule has 0 aromatic carbocycles. The van der Waals surface area contributed by atoms with Crippen LogP contribution in [0, 0.1) is 11.3 Å². The van der Waals surface area contributed by atoms with Crippen molar-refractivity contribution in [2.75, 3.05) is 6.61 Å². The minimum Gasteiger partial charge on any atom is -0.466 e. The lowest BCUT2D eigenvalue weighted by Crippen LogP contribution is -2.30. The zero-order valence-electron chi connectivity index (χ0n) is 7.52. The molecule has 1 fully saturated rings. The zero-order chi connectivity index (χ0) is 8.48. The van der Waals surface area contributed by atoms with E-state index in [9.17, 15) is 4.79 Å². The van der Waals surface area contributed by atoms with Crippen LogP contribution in [0.5, 0.6) is 0 Å². The molecule has 0 N–H and O–H groups in total. The first kappa shape index (κ1) is 8.57. The Labute approximate surface area is 67.9 Å². The molecule has 1 rings (SSSR count). The van der Waals surface area contributed by atoms with Gasteiger partial charge in [0.1, 0.15) is 0 Å². The van der Waals surface area contributed by atoms with E-state index in [0.29, 0.717) is 18.9 Å². The average molecular weight is 156 g/mol. The van der Waals surface area contributed by atoms with Crippen LogP contribution in [-0.4, -0.2) is 12.6 Å². The first-order valence-corrected chi connectivity index (χ1v) is 4.16. The Bertz CT molecular complexity index is 155. The van der Waals surface area contributed by atoms with Gasteiger partial charge in [0.25, 0.3) is 0 Å². The molecule has 1 atom stereocenters. The second kappa shape index (κ2) is 2.84. The van der Waals surface area contributed by atoms with Crippen LogP contribution in [-0.2, 0) is 9.53 Å². The van der Waals surface area contributed by atoms with Crippen LogP contribution in [0.2, 0.25) is 0 Å². The number of ether oxygens (including phenoxy) is 1. The van der Waals surface area contributed by atoms with Gasteiger partial charge >= 0.3 is 5.97 Å². The van der Waals surface area contributed by atoms with Gasteiger partial charge in [0.2, 0.25) is 0 Å². The smallest absolute Gasteiger partial charge is 0.306 e. The molecule has 0 aliphatic carbocycles. The fourth-order valence-electron chi connectivity index (χ4n) is 1.42. The molecule has 1 unspecified atom stereocenters. The Hall–Kier alpha value is -0.530. The van der Waals surface area contributed by atoms with Crippen molar-refractivity contribution in [3.63, 3.8) is 0 Å². The van der Waals surface area contributed by atoms with Crippen molar-refractivity contribution < 1.29 is 9.53 Å². The van der Waals surface area contributed by atoms with Crippen molar-refractivity contribution >= 4 is 5.97 Å². The van der Waals surface area contributed by atoms with Crippen molar-refractivity contribution in [1.82, 2.24) is 0 Å². The Morgan fingerprint density at radius 3 is 2.45 bits per heavy atom. The topological polar surface area (TPSA) is 26.3 Å². The number of carbonyl (C=O) groups is 1. The molecule has 0 bridgehead atoms. The van der Waals surface area contributed by atoms with Crippen LogP contribution in [0.3, 0.4) is 0 Å². The van der Waals surface area contributed by atoms with Gasteiger partial charge in [-0.3, -0.25) is 4.79 Å². The molecule has 2 heteroatoms. The highest BCUT2D eigenvalue weighted by Gasteiger charge is 2.30. The third-order valence-corrected chi connectivity index (χ3v) is 2.37. The van der Waals surface area contributed by atoms with Gasteiger partial charge in [-0.1, -0.05) is 20.8 Å². The number of hydrogen-bond donors (Lipinski definition) is 0. The van der Waals surface area contributed by atoms with Gasteiger partial charge in [0, 0.05) is 6.42 Å². The monoisotopic (exact) mass is 156 g/mol. The molecule has 0 saturated carbocycles. The molecule has 0 aromatic rings. The molecule has 1 aliphatic heterocycles. The molecule has 0 aromatic heterocycles. The van der Waals surface area contributed by atoms with Gasteiger partial charge < -0.3 is 4.74 Å². The van der Waals surface area contributed by atoms with Crippen LogP contribution in [0.1, 0.15) is 33.6 Å². The molecule has 0 spiro atoms. The first-order chi connectivity index (χ1) is 5.00. The molecule has 1 saturated heterocycles. The standard InChI is InChI=1S/C9H16O2/c1-9(2,3)7-4-5-11-8(10)6-7/h7H,4-6H2,1-3H3. The summed E-state index contributed by atoms with van der Waals surface area (Å²) in [6.07, 6.45) is 1.62. The van der Waals surface area contributed by atoms with Crippen LogP contribution < -0.4 is 0 Å². The summed E-state index contributed by atoms with van der Waals surface area (Å²) in [5.74, 6) is 0.472. The number of cyclic esters (lactones) is 1. The summed E-state index contributed by atoms with van der Waals surface area (Å²) in [5.41, 5.74) is 0.249. The normalized spacial score (nSPS) is 26.5. The molecule has 1 heterocycles. The summed E-state index contributed by atoms with van der Waals surface area (Å²) < 4.78 is 4.86. The SMILES string of the molecule is CC(C)(C)C1CCOC(=O)C1. The molecule has 64 valence electrons. The summed E-state index contributed by atoms with van der Waals surface area (Å²) in [7, 11) is 0. The Kier molecular flexibility index (Phi) is 2.21. The minimum absolute atomic E-state index is 0.0313. The van der Waals surface area contributed by atoms with Gasteiger partial charge in [-0.2, -0.15) is 0 Å². The lowest BCUT2D eigenvalue weighted by atomic mass is 9.76. The molecular weight excluding hydrogens is 140 g/mol. The van der Waals surface area contributed by atoms with Crippen molar-refractivity contribution in [1.29, 1.82) is 0 Å². The van der Waals surface area contributed by atoms with Crippen LogP contribution in [0.15, 0.2) is 0 Å². The number of rotatable bonds is 0. The summed E-state index contributed by atoms with van der Waals surface area (Å²) in [6.45, 7) is 7.14. The number of carbonyl (C=O) groups excluding carboxylic acids is 1. The highest BCUT2D eigenvalue weighted by molar-refractivity contribution is 5.70. The Balaban J connectivity index is 2.53. The number of esters is 1. The van der Waals surface area contributed by atoms with E-state index in [4.69, 9.17) is 4.74 Å². The predicted octanol–water partition coefficient (Wildman–Crippen LogP) is 1.99. The van der Waals surface area contributed by atoms with Crippen molar-refractivity contribution in [2.45, 2.75) is 33.6 Å². The van der Waals surface area contributed by atoms with E-state index in [2.05, 4.69) is 20.8 Å². The van der Waals surface area contributed by atoms with Gasteiger partial charge in [-0.05, 0) is 17.8 Å². The summed E-state index contributed by atoms with van der Waals surface area (Å²) in [4.78, 5) is 10.9. The number of hydrogen-bond acceptors (Lipinski definition) is 2. The van der Waals surface area contributed by atoms with Crippen LogP contribution in [0.25, 0.3) is 0 Å². The van der Waals surface area contributed by atoms with E-state index in [-0.39, 0.29) is 11.4 Å². The maximum atomic E-state index is 10.9. The first-order valence-electron chi connectivity index (χ1n) is 4.16. The van der Waals surface area contributed by atoms with E-state index in [1.165, 1.54) is 0 Å². The third kappa shape index (κ3) is 2.21. The molecular formula is C9H16O2. The maximum absolute atomic E-state index is 10.9. The van der Waals surface area contributed by atoms with Crippen LogP contribution in [0.4, 0.5) is 0 Å². The third-order valence-electron chi connectivity index (χ3n) is 2.37. The van der Waals surface area contributed by atoms with Gasteiger partial charge in [0.15, 0.2) is 0 Å². The lowest BCUT2D eigenvalue weighted by Gasteiger charge is -2.32. The fourth-order valence-corrected chi connectivity index (χ4v) is 1.42. The summed E-state index contributed by atoms with van der Waals surface area (Å²) in [6, 6.07) is 0. The predicted molar refractivity (Wildman–Crippen MR) is 43.1 cm³/mol. The minimum atomic E-state index is -0.0313. The zero-order valence-corrected chi connectivity index (χ0v) is 7.52. The summed E-state index contributed by atoms with van der Waals surface area (Å²) in [5, 5.41) is 0. The molecule has 0 radical (unpaired) electrons. The maximum Gasteiger partial charge on any atom is 0.306 e. The van der Waals surface area contributed by atoms with E-state index >= 15 is 0 Å². The second-order valence-corrected chi connectivity index (χ2v) is 4.28. The fraction of sp³-hybridized carbons (Fsp3) is 0.889. The van der Waals surface area contributed by atoms with Crippen molar-refractivity contribution in [3.8, 4) is 0 Å². The van der Waals surface area contributed by atoms with E-state index in [0.717, 1.165) is 6.42 Å². The van der Waals surface area contributed by atoms with Gasteiger partial charge in [0.05, 0.1) is 6.61 Å². The summed E-state index contributed by atoms with van der Waals surface area (Å²) >= 11 is 0. The van der Waals surface area contributed by atoms with Gasteiger partial charge in [-0.25, -0.2) is 0 Å². The molecule has 2 nitrogen and oxygen atoms in total. The highest BCUT2D eigenvalue weighted by Crippen LogP contribution is 2.33. The Morgan fingerprint density at radius 1 is 1.45 bits per heavy atom. The van der Waals surface area contributed by atoms with Gasteiger partial charge in [-0.15, -0.1) is 0 Å². The highest BCUT2D eigenvalue weighted by atomic mass is 16.5.